The molecule has 17 heavy (non-hydrogen) atoms. The Morgan fingerprint density at radius 1 is 1.29 bits per heavy atom. The zero-order valence-corrected chi connectivity index (χ0v) is 10.2. The predicted octanol–water partition coefficient (Wildman–Crippen LogP) is 1.56. The van der Waals surface area contributed by atoms with Crippen molar-refractivity contribution in [1.29, 1.82) is 0 Å². The second-order valence-electron chi connectivity index (χ2n) is 3.80. The number of aromatic nitrogens is 3. The third-order valence-corrected chi connectivity index (χ3v) is 2.72. The van der Waals surface area contributed by atoms with Crippen molar-refractivity contribution in [3.05, 3.63) is 36.2 Å². The number of hydrogen-bond donors (Lipinski definition) is 1. The van der Waals surface area contributed by atoms with E-state index < -0.39 is 0 Å². The third kappa shape index (κ3) is 2.45. The zero-order valence-electron chi connectivity index (χ0n) is 10.2. The third-order valence-electron chi connectivity index (χ3n) is 2.72. The van der Waals surface area contributed by atoms with Crippen LogP contribution in [0.4, 0.5) is 0 Å². The summed E-state index contributed by atoms with van der Waals surface area (Å²) < 4.78 is 6.86. The Morgan fingerprint density at radius 3 is 2.59 bits per heavy atom. The van der Waals surface area contributed by atoms with E-state index in [0.717, 1.165) is 17.1 Å². The van der Waals surface area contributed by atoms with Crippen molar-refractivity contribution in [3.63, 3.8) is 0 Å². The van der Waals surface area contributed by atoms with Gasteiger partial charge in [0, 0.05) is 6.04 Å². The Bertz CT molecular complexity index is 478. The summed E-state index contributed by atoms with van der Waals surface area (Å²) in [6, 6.07) is 7.89. The number of benzene rings is 1. The normalized spacial score (nSPS) is 12.4. The molecular weight excluding hydrogens is 216 g/mol. The molecule has 1 N–H and O–H groups in total. The van der Waals surface area contributed by atoms with Gasteiger partial charge in [0.2, 0.25) is 0 Å². The Hall–Kier alpha value is -1.88. The van der Waals surface area contributed by atoms with E-state index in [1.54, 1.807) is 11.8 Å². The molecule has 0 saturated carbocycles. The summed E-state index contributed by atoms with van der Waals surface area (Å²) in [5, 5.41) is 11.4. The fraction of sp³-hybridized carbons (Fsp3) is 0.333. The van der Waals surface area contributed by atoms with Gasteiger partial charge >= 0.3 is 0 Å². The summed E-state index contributed by atoms with van der Waals surface area (Å²) in [5.74, 6) is 0.831. The minimum absolute atomic E-state index is 0.196. The molecule has 0 aliphatic heterocycles. The molecule has 0 aliphatic rings. The highest BCUT2D eigenvalue weighted by atomic mass is 16.5. The van der Waals surface area contributed by atoms with Gasteiger partial charge in [0.05, 0.1) is 24.7 Å². The molecule has 0 fully saturated rings. The molecule has 0 radical (unpaired) electrons. The van der Waals surface area contributed by atoms with Crippen molar-refractivity contribution in [1.82, 2.24) is 20.3 Å². The Balaban J connectivity index is 2.24. The molecule has 1 aromatic heterocycles. The largest absolute Gasteiger partial charge is 0.497 e. The number of methoxy groups -OCH3 is 1. The molecule has 2 rings (SSSR count). The van der Waals surface area contributed by atoms with Crippen LogP contribution < -0.4 is 10.1 Å². The van der Waals surface area contributed by atoms with Crippen LogP contribution in [0.1, 0.15) is 18.7 Å². The van der Waals surface area contributed by atoms with Crippen molar-refractivity contribution in [2.45, 2.75) is 13.0 Å². The first-order valence-electron chi connectivity index (χ1n) is 5.48. The lowest BCUT2D eigenvalue weighted by Gasteiger charge is -2.04. The van der Waals surface area contributed by atoms with Gasteiger partial charge in [-0.1, -0.05) is 5.21 Å². The van der Waals surface area contributed by atoms with E-state index in [0.29, 0.717) is 0 Å². The zero-order chi connectivity index (χ0) is 12.3. The highest BCUT2D eigenvalue weighted by molar-refractivity contribution is 5.36. The van der Waals surface area contributed by atoms with Crippen molar-refractivity contribution < 1.29 is 4.74 Å². The summed E-state index contributed by atoms with van der Waals surface area (Å²) in [5.41, 5.74) is 1.89. The van der Waals surface area contributed by atoms with Gasteiger partial charge in [-0.2, -0.15) is 0 Å². The van der Waals surface area contributed by atoms with Crippen molar-refractivity contribution in [2.75, 3.05) is 14.2 Å². The second kappa shape index (κ2) is 4.97. The summed E-state index contributed by atoms with van der Waals surface area (Å²) >= 11 is 0. The molecule has 90 valence electrons. The number of hydrogen-bond acceptors (Lipinski definition) is 4. The Labute approximate surface area is 100 Å². The minimum atomic E-state index is 0.196. The number of ether oxygens (including phenoxy) is 1. The summed E-state index contributed by atoms with van der Waals surface area (Å²) in [6.07, 6.45) is 1.92. The molecule has 2 aromatic rings. The molecule has 5 heteroatoms. The van der Waals surface area contributed by atoms with Gasteiger partial charge in [-0.15, -0.1) is 5.10 Å². The smallest absolute Gasteiger partial charge is 0.119 e. The van der Waals surface area contributed by atoms with E-state index in [2.05, 4.69) is 15.6 Å². The van der Waals surface area contributed by atoms with Crippen molar-refractivity contribution in [3.8, 4) is 11.4 Å². The standard InChI is InChI=1S/C12H16N4O/c1-9(13-2)12-8-16(15-14-12)10-4-6-11(17-3)7-5-10/h4-9,13H,1-3H3. The van der Waals surface area contributed by atoms with Crippen LogP contribution in [0.3, 0.4) is 0 Å². The molecule has 5 nitrogen and oxygen atoms in total. The van der Waals surface area contributed by atoms with Crippen LogP contribution in [0.5, 0.6) is 5.75 Å². The first-order valence-corrected chi connectivity index (χ1v) is 5.48. The van der Waals surface area contributed by atoms with E-state index in [-0.39, 0.29) is 6.04 Å². The van der Waals surface area contributed by atoms with Crippen LogP contribution in [0.15, 0.2) is 30.5 Å². The van der Waals surface area contributed by atoms with Crippen LogP contribution in [0, 0.1) is 0 Å². The van der Waals surface area contributed by atoms with Crippen LogP contribution in [-0.2, 0) is 0 Å². The van der Waals surface area contributed by atoms with E-state index in [1.165, 1.54) is 0 Å². The van der Waals surface area contributed by atoms with Gasteiger partial charge in [0.25, 0.3) is 0 Å². The van der Waals surface area contributed by atoms with Crippen LogP contribution in [0.25, 0.3) is 5.69 Å². The fourth-order valence-electron chi connectivity index (χ4n) is 1.48. The van der Waals surface area contributed by atoms with Gasteiger partial charge in [0.1, 0.15) is 5.75 Å². The molecule has 0 bridgehead atoms. The molecule has 0 saturated heterocycles. The topological polar surface area (TPSA) is 52.0 Å². The quantitative estimate of drug-likeness (QED) is 0.869. The average Bonchev–Trinajstić information content (AvgIpc) is 2.87. The van der Waals surface area contributed by atoms with E-state index in [9.17, 15) is 0 Å². The maximum atomic E-state index is 5.11. The second-order valence-corrected chi connectivity index (χ2v) is 3.80. The summed E-state index contributed by atoms with van der Waals surface area (Å²) in [7, 11) is 3.55. The minimum Gasteiger partial charge on any atom is -0.497 e. The van der Waals surface area contributed by atoms with Gasteiger partial charge in [-0.3, -0.25) is 0 Å². The number of nitrogens with zero attached hydrogens (tertiary/aromatic N) is 3. The van der Waals surface area contributed by atoms with Gasteiger partial charge < -0.3 is 10.1 Å². The van der Waals surface area contributed by atoms with Crippen LogP contribution >= 0.6 is 0 Å². The van der Waals surface area contributed by atoms with E-state index in [1.807, 2.05) is 44.4 Å². The Morgan fingerprint density at radius 2 is 2.00 bits per heavy atom. The summed E-state index contributed by atoms with van der Waals surface area (Å²) in [4.78, 5) is 0. The Kier molecular flexibility index (Phi) is 3.39. The van der Waals surface area contributed by atoms with Gasteiger partial charge in [-0.25, -0.2) is 4.68 Å². The lowest BCUT2D eigenvalue weighted by molar-refractivity contribution is 0.414. The molecule has 1 heterocycles. The van der Waals surface area contributed by atoms with Crippen molar-refractivity contribution >= 4 is 0 Å². The highest BCUT2D eigenvalue weighted by Gasteiger charge is 2.08. The van der Waals surface area contributed by atoms with Crippen LogP contribution in [0.2, 0.25) is 0 Å². The molecule has 0 amide bonds. The lowest BCUT2D eigenvalue weighted by atomic mass is 10.2. The lowest BCUT2D eigenvalue weighted by Crippen LogP contribution is -2.12. The SMILES string of the molecule is CNC(C)c1cn(-c2ccc(OC)cc2)nn1. The molecule has 0 aliphatic carbocycles. The van der Waals surface area contributed by atoms with E-state index in [4.69, 9.17) is 4.74 Å². The maximum absolute atomic E-state index is 5.11. The molecule has 1 aromatic carbocycles. The molecule has 1 unspecified atom stereocenters. The predicted molar refractivity (Wildman–Crippen MR) is 65.4 cm³/mol. The monoisotopic (exact) mass is 232 g/mol. The molecule has 0 spiro atoms. The van der Waals surface area contributed by atoms with Crippen molar-refractivity contribution in [2.24, 2.45) is 0 Å². The summed E-state index contributed by atoms with van der Waals surface area (Å²) in [6.45, 7) is 2.04. The van der Waals surface area contributed by atoms with Gasteiger partial charge in [0.15, 0.2) is 0 Å². The first kappa shape index (κ1) is 11.6. The number of rotatable bonds is 4. The highest BCUT2D eigenvalue weighted by Crippen LogP contribution is 2.15. The average molecular weight is 232 g/mol. The van der Waals surface area contributed by atoms with E-state index >= 15 is 0 Å². The number of nitrogens with one attached hydrogen (secondary N) is 1. The molecular formula is C12H16N4O. The first-order chi connectivity index (χ1) is 8.24. The van der Waals surface area contributed by atoms with Crippen LogP contribution in [-0.4, -0.2) is 29.2 Å². The van der Waals surface area contributed by atoms with Gasteiger partial charge in [-0.05, 0) is 38.2 Å². The molecule has 1 atom stereocenters. The maximum Gasteiger partial charge on any atom is 0.119 e. The fourth-order valence-corrected chi connectivity index (χ4v) is 1.48.